The summed E-state index contributed by atoms with van der Waals surface area (Å²) in [5, 5.41) is 18.1. The first-order chi connectivity index (χ1) is 7.07. The normalized spacial score (nSPS) is 42.1. The van der Waals surface area contributed by atoms with Crippen molar-refractivity contribution in [1.82, 2.24) is 0 Å². The summed E-state index contributed by atoms with van der Waals surface area (Å²) < 4.78 is 0. The Bertz CT molecular complexity index is 303. The summed E-state index contributed by atoms with van der Waals surface area (Å²) >= 11 is 0. The van der Waals surface area contributed by atoms with Crippen LogP contribution >= 0.6 is 0 Å². The maximum atomic E-state index is 11.1. The van der Waals surface area contributed by atoms with Crippen LogP contribution in [-0.4, -0.2) is 22.2 Å². The van der Waals surface area contributed by atoms with Crippen molar-refractivity contribution < 1.29 is 19.8 Å². The van der Waals surface area contributed by atoms with Crippen LogP contribution in [-0.2, 0) is 9.59 Å². The number of hydrogen-bond acceptors (Lipinski definition) is 2. The third kappa shape index (κ3) is 1.28. The third-order valence-electron chi connectivity index (χ3n) is 3.80. The Hall–Kier alpha value is -1.32. The van der Waals surface area contributed by atoms with Crippen LogP contribution in [0.1, 0.15) is 13.3 Å². The summed E-state index contributed by atoms with van der Waals surface area (Å²) in [5.41, 5.74) is 0. The maximum absolute atomic E-state index is 11.1. The molecule has 0 amide bonds. The summed E-state index contributed by atoms with van der Waals surface area (Å²) in [7, 11) is 0. The molecule has 0 heterocycles. The fourth-order valence-electron chi connectivity index (χ4n) is 3.23. The van der Waals surface area contributed by atoms with Gasteiger partial charge in [-0.05, 0) is 17.8 Å². The van der Waals surface area contributed by atoms with E-state index in [4.69, 9.17) is 10.2 Å². The molecule has 0 aromatic heterocycles. The molecule has 0 aromatic rings. The quantitative estimate of drug-likeness (QED) is 0.687. The van der Waals surface area contributed by atoms with E-state index in [0.29, 0.717) is 0 Å². The molecule has 0 spiro atoms. The monoisotopic (exact) mass is 210 g/mol. The van der Waals surface area contributed by atoms with Crippen LogP contribution in [0.3, 0.4) is 0 Å². The van der Waals surface area contributed by atoms with Crippen LogP contribution in [0, 0.1) is 29.6 Å². The maximum Gasteiger partial charge on any atom is 0.308 e. The number of hydrogen-bond donors (Lipinski definition) is 2. The highest BCUT2D eigenvalue weighted by Gasteiger charge is 2.56. The molecule has 0 aliphatic heterocycles. The minimum absolute atomic E-state index is 0.0846. The molecule has 0 aromatic carbocycles. The first kappa shape index (κ1) is 10.2. The van der Waals surface area contributed by atoms with Gasteiger partial charge in [-0.15, -0.1) is 0 Å². The lowest BCUT2D eigenvalue weighted by atomic mass is 9.83. The Morgan fingerprint density at radius 3 is 1.73 bits per heavy atom. The Morgan fingerprint density at radius 2 is 1.47 bits per heavy atom. The largest absolute Gasteiger partial charge is 0.481 e. The van der Waals surface area contributed by atoms with Gasteiger partial charge in [0.25, 0.3) is 0 Å². The topological polar surface area (TPSA) is 74.6 Å². The molecule has 1 fully saturated rings. The molecular weight excluding hydrogens is 196 g/mol. The predicted octanol–water partition coefficient (Wildman–Crippen LogP) is 1.23. The van der Waals surface area contributed by atoms with Gasteiger partial charge >= 0.3 is 11.9 Å². The van der Waals surface area contributed by atoms with E-state index in [0.717, 1.165) is 6.42 Å². The van der Waals surface area contributed by atoms with E-state index in [2.05, 4.69) is 0 Å². The summed E-state index contributed by atoms with van der Waals surface area (Å²) in [6.07, 6.45) is 4.62. The Balaban J connectivity index is 2.35. The third-order valence-corrected chi connectivity index (χ3v) is 3.80. The van der Waals surface area contributed by atoms with Crippen molar-refractivity contribution in [3.63, 3.8) is 0 Å². The molecule has 2 rings (SSSR count). The number of carbonyl (C=O) groups is 2. The van der Waals surface area contributed by atoms with Gasteiger partial charge in [-0.2, -0.15) is 0 Å². The average Bonchev–Trinajstić information content (AvgIpc) is 2.70. The van der Waals surface area contributed by atoms with E-state index >= 15 is 0 Å². The van der Waals surface area contributed by atoms with Gasteiger partial charge in [0.2, 0.25) is 0 Å². The van der Waals surface area contributed by atoms with Crippen LogP contribution in [0.15, 0.2) is 12.2 Å². The molecule has 4 nitrogen and oxygen atoms in total. The second kappa shape index (κ2) is 3.36. The van der Waals surface area contributed by atoms with Gasteiger partial charge < -0.3 is 10.2 Å². The number of aliphatic carboxylic acids is 2. The number of rotatable bonds is 3. The van der Waals surface area contributed by atoms with Crippen LogP contribution in [0.25, 0.3) is 0 Å². The van der Waals surface area contributed by atoms with Gasteiger partial charge in [0, 0.05) is 0 Å². The van der Waals surface area contributed by atoms with Crippen molar-refractivity contribution >= 4 is 11.9 Å². The summed E-state index contributed by atoms with van der Waals surface area (Å²) in [6, 6.07) is 0. The van der Waals surface area contributed by atoms with Gasteiger partial charge in [-0.1, -0.05) is 25.5 Å². The van der Waals surface area contributed by atoms with Gasteiger partial charge in [0.1, 0.15) is 0 Å². The van der Waals surface area contributed by atoms with E-state index in [1.165, 1.54) is 0 Å². The number of carboxylic acids is 2. The molecule has 2 bridgehead atoms. The van der Waals surface area contributed by atoms with E-state index in [9.17, 15) is 9.59 Å². The van der Waals surface area contributed by atoms with Crippen molar-refractivity contribution in [3.8, 4) is 0 Å². The number of carboxylic acid groups (broad SMARTS) is 2. The smallest absolute Gasteiger partial charge is 0.308 e. The summed E-state index contributed by atoms with van der Waals surface area (Å²) in [4.78, 5) is 22.1. The highest BCUT2D eigenvalue weighted by Crippen LogP contribution is 2.53. The lowest BCUT2D eigenvalue weighted by Gasteiger charge is -2.20. The van der Waals surface area contributed by atoms with Gasteiger partial charge in [-0.3, -0.25) is 9.59 Å². The zero-order valence-electron chi connectivity index (χ0n) is 8.46. The van der Waals surface area contributed by atoms with Crippen molar-refractivity contribution in [2.24, 2.45) is 29.6 Å². The second-order valence-electron chi connectivity index (χ2n) is 4.34. The molecule has 2 unspecified atom stereocenters. The first-order valence-corrected chi connectivity index (χ1v) is 5.21. The van der Waals surface area contributed by atoms with Gasteiger partial charge in [0.05, 0.1) is 11.8 Å². The van der Waals surface area contributed by atoms with Crippen LogP contribution < -0.4 is 0 Å². The molecule has 2 aliphatic carbocycles. The molecule has 2 aliphatic rings. The number of fused-ring (bicyclic) bond motifs is 2. The lowest BCUT2D eigenvalue weighted by Crippen LogP contribution is -2.32. The molecular formula is C11H14O4. The second-order valence-corrected chi connectivity index (χ2v) is 4.34. The van der Waals surface area contributed by atoms with Crippen molar-refractivity contribution in [3.05, 3.63) is 12.2 Å². The number of allylic oxidation sites excluding steroid dienone is 2. The van der Waals surface area contributed by atoms with Crippen LogP contribution in [0.2, 0.25) is 0 Å². The molecule has 4 heteroatoms. The van der Waals surface area contributed by atoms with Crippen molar-refractivity contribution in [2.45, 2.75) is 13.3 Å². The van der Waals surface area contributed by atoms with Gasteiger partial charge in [0.15, 0.2) is 0 Å². The molecule has 15 heavy (non-hydrogen) atoms. The Kier molecular flexibility index (Phi) is 2.29. The summed E-state index contributed by atoms with van der Waals surface area (Å²) in [5.74, 6) is -3.38. The van der Waals surface area contributed by atoms with Crippen molar-refractivity contribution in [1.29, 1.82) is 0 Å². The zero-order chi connectivity index (χ0) is 11.2. The molecule has 0 radical (unpaired) electrons. The highest BCUT2D eigenvalue weighted by molar-refractivity contribution is 5.82. The fourth-order valence-corrected chi connectivity index (χ4v) is 3.23. The zero-order valence-corrected chi connectivity index (χ0v) is 8.46. The van der Waals surface area contributed by atoms with E-state index in [-0.39, 0.29) is 17.8 Å². The standard InChI is InChI=1S/C11H14O4/c1-2-5-6-3-4-7(5)9(11(14)15)8(6)10(12)13/h3-9H,2H2,1H3,(H,12,13)(H,14,15)/t5?,6?,7?,8-,9-/m1/s1. The highest BCUT2D eigenvalue weighted by atomic mass is 16.4. The van der Waals surface area contributed by atoms with E-state index in [1.807, 2.05) is 19.1 Å². The van der Waals surface area contributed by atoms with E-state index in [1.54, 1.807) is 0 Å². The van der Waals surface area contributed by atoms with E-state index < -0.39 is 23.8 Å². The molecule has 4 atom stereocenters. The molecule has 2 N–H and O–H groups in total. The molecule has 1 saturated carbocycles. The first-order valence-electron chi connectivity index (χ1n) is 5.21. The molecule has 0 saturated heterocycles. The minimum atomic E-state index is -0.974. The average molecular weight is 210 g/mol. The summed E-state index contributed by atoms with van der Waals surface area (Å²) in [6.45, 7) is 1.99. The lowest BCUT2D eigenvalue weighted by molar-refractivity contribution is -0.154. The van der Waals surface area contributed by atoms with Crippen LogP contribution in [0.5, 0.6) is 0 Å². The Labute approximate surface area is 87.6 Å². The molecule has 82 valence electrons. The van der Waals surface area contributed by atoms with Gasteiger partial charge in [-0.25, -0.2) is 0 Å². The predicted molar refractivity (Wildman–Crippen MR) is 52.2 cm³/mol. The van der Waals surface area contributed by atoms with Crippen molar-refractivity contribution in [2.75, 3.05) is 0 Å². The minimum Gasteiger partial charge on any atom is -0.481 e. The SMILES string of the molecule is CCC1C2C=CC1[C@@H](C(=O)O)[C@@H]2C(=O)O. The van der Waals surface area contributed by atoms with Crippen LogP contribution in [0.4, 0.5) is 0 Å². The fraction of sp³-hybridized carbons (Fsp3) is 0.636. The Morgan fingerprint density at radius 1 is 1.07 bits per heavy atom.